The van der Waals surface area contributed by atoms with Gasteiger partial charge in [0, 0.05) is 12.5 Å². The lowest BCUT2D eigenvalue weighted by Crippen LogP contribution is -3.00. The molecule has 46 valence electrons. The van der Waals surface area contributed by atoms with Crippen molar-refractivity contribution in [2.24, 2.45) is 0 Å². The maximum absolute atomic E-state index is 2.23. The quantitative estimate of drug-likeness (QED) is 0.350. The molecule has 0 aromatic carbocycles. The van der Waals surface area contributed by atoms with Gasteiger partial charge in [-0.15, -0.1) is 0 Å². The molecule has 0 radical (unpaired) electrons. The summed E-state index contributed by atoms with van der Waals surface area (Å²) < 4.78 is 0. The molecule has 7 heavy (non-hydrogen) atoms. The van der Waals surface area contributed by atoms with Crippen LogP contribution in [0.2, 0.25) is 0 Å². The summed E-state index contributed by atoms with van der Waals surface area (Å²) in [6.45, 7) is 0. The first-order valence-electron chi connectivity index (χ1n) is 1.56. The van der Waals surface area contributed by atoms with Crippen LogP contribution in [-0.2, 0) is 8.96 Å². The highest BCUT2D eigenvalue weighted by Crippen LogP contribution is 2.19. The van der Waals surface area contributed by atoms with Crippen molar-refractivity contribution < 1.29 is 24.0 Å². The summed E-state index contributed by atoms with van der Waals surface area (Å²) in [6, 6.07) is 0. The normalized spacial score (nSPS) is 8.57. The van der Waals surface area contributed by atoms with E-state index in [1.54, 1.807) is 0 Å². The first-order chi connectivity index (χ1) is 2.81. The molecule has 0 aliphatic heterocycles. The van der Waals surface area contributed by atoms with Gasteiger partial charge in [-0.2, -0.15) is 0 Å². The molecule has 4 heteroatoms. The molecule has 0 saturated heterocycles. The lowest BCUT2D eigenvalue weighted by molar-refractivity contribution is -0.00000123. The van der Waals surface area contributed by atoms with E-state index in [9.17, 15) is 0 Å². The molecule has 0 spiro atoms. The van der Waals surface area contributed by atoms with Gasteiger partial charge in [0.25, 0.3) is 0 Å². The minimum atomic E-state index is 0. The van der Waals surface area contributed by atoms with Crippen molar-refractivity contribution in [3.05, 3.63) is 0 Å². The third-order valence-electron chi connectivity index (χ3n) is 0.469. The smallest absolute Gasteiger partial charge is 0.123 e. The summed E-state index contributed by atoms with van der Waals surface area (Å²) in [4.78, 5) is 0. The second-order valence-electron chi connectivity index (χ2n) is 0.735. The number of halogens is 1. The Bertz CT molecular complexity index is 29.4. The molecule has 0 nitrogen and oxygen atoms in total. The third-order valence-corrected chi connectivity index (χ3v) is 6.67. The molecule has 0 atom stereocenters. The van der Waals surface area contributed by atoms with Gasteiger partial charge in [0.15, 0.2) is 0 Å². The summed E-state index contributed by atoms with van der Waals surface area (Å²) in [5, 5.41) is 0. The van der Waals surface area contributed by atoms with Crippen LogP contribution in [0.4, 0.5) is 0 Å². The number of hydrogen-bond acceptors (Lipinski definition) is 2. The van der Waals surface area contributed by atoms with Crippen molar-refractivity contribution in [3.63, 3.8) is 0 Å². The lowest BCUT2D eigenvalue weighted by Gasteiger charge is -1.83. The van der Waals surface area contributed by atoms with E-state index in [0.717, 1.165) is 0 Å². The first-order valence-corrected chi connectivity index (χ1v) is 6.67. The average Bonchev–Trinajstić information content (AvgIpc) is 1.65. The Labute approximate surface area is 72.8 Å². The van der Waals surface area contributed by atoms with Crippen molar-refractivity contribution in [3.8, 4) is 0 Å². The average molecular weight is 268 g/mol. The van der Waals surface area contributed by atoms with E-state index < -0.39 is 0 Å². The van der Waals surface area contributed by atoms with Crippen LogP contribution >= 0.6 is 21.6 Å². The van der Waals surface area contributed by atoms with Crippen LogP contribution in [0.5, 0.6) is 0 Å². The van der Waals surface area contributed by atoms with E-state index in [2.05, 4.69) is 18.8 Å². The van der Waals surface area contributed by atoms with Gasteiger partial charge in [-0.3, -0.25) is 0 Å². The highest BCUT2D eigenvalue weighted by Gasteiger charge is 2.04. The topological polar surface area (TPSA) is 0 Å². The van der Waals surface area contributed by atoms with Gasteiger partial charge >= 0.3 is 0 Å². The fourth-order valence-electron chi connectivity index (χ4n) is 0.0680. The van der Waals surface area contributed by atoms with Gasteiger partial charge in [-0.05, 0) is 0 Å². The predicted octanol–water partition coefficient (Wildman–Crippen LogP) is -1.21. The molecule has 0 rings (SSSR count). The maximum atomic E-state index is 2.23. The van der Waals surface area contributed by atoms with Crippen molar-refractivity contribution >= 4 is 30.5 Å². The zero-order chi connectivity index (χ0) is 4.99. The van der Waals surface area contributed by atoms with Crippen LogP contribution in [0, 0.1) is 0 Å². The lowest BCUT2D eigenvalue weighted by atomic mass is 12.0. The maximum Gasteiger partial charge on any atom is 0.123 e. The number of rotatable bonds is 2. The van der Waals surface area contributed by atoms with E-state index in [4.69, 9.17) is 0 Å². The van der Waals surface area contributed by atoms with Crippen molar-refractivity contribution in [2.75, 3.05) is 18.8 Å². The Kier molecular flexibility index (Phi) is 12.8. The van der Waals surface area contributed by atoms with Crippen molar-refractivity contribution in [1.82, 2.24) is 0 Å². The van der Waals surface area contributed by atoms with E-state index in [1.807, 2.05) is 21.6 Å². The fourth-order valence-corrected chi connectivity index (χ4v) is 1.84. The Morgan fingerprint density at radius 2 is 1.43 bits per heavy atom. The Hall–Kier alpha value is 1.78. The standard InChI is InChI=1S/C3H9S3.HI/c1-4-6(3)5-2;/h1-3H3;1H/q+1;/p-1. The summed E-state index contributed by atoms with van der Waals surface area (Å²) >= 11 is 0. The van der Waals surface area contributed by atoms with Gasteiger partial charge in [0.2, 0.25) is 0 Å². The van der Waals surface area contributed by atoms with Gasteiger partial charge in [-0.1, -0.05) is 0 Å². The van der Waals surface area contributed by atoms with Crippen LogP contribution in [0.1, 0.15) is 0 Å². The van der Waals surface area contributed by atoms with Gasteiger partial charge in [0.1, 0.15) is 36.8 Å². The molecule has 0 aliphatic carbocycles. The Morgan fingerprint density at radius 1 is 1.14 bits per heavy atom. The van der Waals surface area contributed by atoms with Gasteiger partial charge in [0.05, 0.1) is 0 Å². The molecule has 0 N–H and O–H groups in total. The van der Waals surface area contributed by atoms with Crippen molar-refractivity contribution in [1.29, 1.82) is 0 Å². The minimum Gasteiger partial charge on any atom is -1.00 e. The van der Waals surface area contributed by atoms with Crippen LogP contribution in [0.3, 0.4) is 0 Å². The number of hydrogen-bond donors (Lipinski definition) is 0. The van der Waals surface area contributed by atoms with Crippen LogP contribution in [-0.4, -0.2) is 18.8 Å². The zero-order valence-electron chi connectivity index (χ0n) is 4.60. The summed E-state index contributed by atoms with van der Waals surface area (Å²) in [7, 11) is 4.38. The fraction of sp³-hybridized carbons (Fsp3) is 1.00. The first kappa shape index (κ1) is 11.6. The second kappa shape index (κ2) is 7.78. The zero-order valence-corrected chi connectivity index (χ0v) is 9.21. The van der Waals surface area contributed by atoms with Crippen molar-refractivity contribution in [2.45, 2.75) is 0 Å². The molecule has 0 heterocycles. The monoisotopic (exact) mass is 268 g/mol. The highest BCUT2D eigenvalue weighted by atomic mass is 127. The molecular weight excluding hydrogens is 259 g/mol. The van der Waals surface area contributed by atoms with Crippen LogP contribution in [0.25, 0.3) is 0 Å². The molecule has 0 bridgehead atoms. The van der Waals surface area contributed by atoms with E-state index in [0.29, 0.717) is 8.96 Å². The van der Waals surface area contributed by atoms with E-state index >= 15 is 0 Å². The van der Waals surface area contributed by atoms with E-state index in [1.165, 1.54) is 0 Å². The SMILES string of the molecule is CS[S+](C)SC.[I-]. The third kappa shape index (κ3) is 7.78. The molecular formula is C3H9IS3. The highest BCUT2D eigenvalue weighted by molar-refractivity contribution is 9.06. The van der Waals surface area contributed by atoms with E-state index in [-0.39, 0.29) is 24.0 Å². The second-order valence-corrected chi connectivity index (χ2v) is 7.84. The summed E-state index contributed by atoms with van der Waals surface area (Å²) in [6.07, 6.45) is 6.51. The largest absolute Gasteiger partial charge is 1.00 e. The van der Waals surface area contributed by atoms with Gasteiger partial charge < -0.3 is 24.0 Å². The Morgan fingerprint density at radius 3 is 1.43 bits per heavy atom. The van der Waals surface area contributed by atoms with Crippen LogP contribution in [0.15, 0.2) is 0 Å². The van der Waals surface area contributed by atoms with Crippen LogP contribution < -0.4 is 24.0 Å². The summed E-state index contributed by atoms with van der Waals surface area (Å²) in [5.41, 5.74) is 0. The molecule has 0 saturated carbocycles. The molecule has 0 aromatic rings. The minimum absolute atomic E-state index is 0. The molecule has 0 unspecified atom stereocenters. The molecule has 0 aliphatic rings. The van der Waals surface area contributed by atoms with Gasteiger partial charge in [-0.25, -0.2) is 0 Å². The predicted molar refractivity (Wildman–Crippen MR) is 40.3 cm³/mol. The summed E-state index contributed by atoms with van der Waals surface area (Å²) in [5.74, 6) is 0. The molecule has 0 fully saturated rings. The Balaban J connectivity index is 0. The molecule has 0 aromatic heterocycles. The molecule has 0 amide bonds.